The number of aliphatic hydroxyl groups is 1. The van der Waals surface area contributed by atoms with Crippen LogP contribution < -0.4 is 10.6 Å². The molecule has 1 aliphatic rings. The van der Waals surface area contributed by atoms with Crippen molar-refractivity contribution < 1.29 is 14.7 Å². The van der Waals surface area contributed by atoms with Crippen LogP contribution in [0.5, 0.6) is 0 Å². The molecule has 1 aromatic rings. The first-order valence-electron chi connectivity index (χ1n) is 6.78. The van der Waals surface area contributed by atoms with Gasteiger partial charge >= 0.3 is 11.8 Å². The molecule has 0 aliphatic heterocycles. The van der Waals surface area contributed by atoms with Crippen molar-refractivity contribution in [3.05, 3.63) is 22.4 Å². The maximum absolute atomic E-state index is 11.7. The highest BCUT2D eigenvalue weighted by molar-refractivity contribution is 7.10. The van der Waals surface area contributed by atoms with Crippen LogP contribution in [0.15, 0.2) is 17.5 Å². The predicted molar refractivity (Wildman–Crippen MR) is 77.2 cm³/mol. The van der Waals surface area contributed by atoms with Crippen molar-refractivity contribution in [1.29, 1.82) is 0 Å². The molecular weight excluding hydrogens is 276 g/mol. The number of amides is 2. The van der Waals surface area contributed by atoms with Crippen LogP contribution in [0, 0.1) is 5.92 Å². The summed E-state index contributed by atoms with van der Waals surface area (Å²) in [6.45, 7) is 3.65. The van der Waals surface area contributed by atoms with Crippen LogP contribution in [0.4, 0.5) is 0 Å². The molecule has 110 valence electrons. The average molecular weight is 296 g/mol. The average Bonchev–Trinajstić information content (AvgIpc) is 3.10. The van der Waals surface area contributed by atoms with Gasteiger partial charge in [-0.15, -0.1) is 11.3 Å². The second-order valence-corrected chi connectivity index (χ2v) is 6.43. The van der Waals surface area contributed by atoms with Crippen LogP contribution in [0.25, 0.3) is 0 Å². The summed E-state index contributed by atoms with van der Waals surface area (Å²) in [6.07, 6.45) is 1.89. The molecule has 1 aliphatic carbocycles. The number of thiophene rings is 1. The van der Waals surface area contributed by atoms with Crippen LogP contribution in [-0.4, -0.2) is 29.5 Å². The Labute approximate surface area is 122 Å². The Bertz CT molecular complexity index is 483. The molecule has 0 saturated heterocycles. The van der Waals surface area contributed by atoms with E-state index in [0.717, 1.165) is 17.7 Å². The lowest BCUT2D eigenvalue weighted by Crippen LogP contribution is -2.48. The number of rotatable bonds is 5. The molecule has 2 amide bonds. The standard InChI is InChI=1S/C14H20N2O3S/c1-9(2)16-13(18)12(17)15-8-14(19,10-5-6-10)11-4-3-7-20-11/h3-4,7,9-10,19H,5-6,8H2,1-2H3,(H,15,17)(H,16,18). The van der Waals surface area contributed by atoms with Crippen LogP contribution in [0.2, 0.25) is 0 Å². The third kappa shape index (κ3) is 3.37. The topological polar surface area (TPSA) is 78.4 Å². The van der Waals surface area contributed by atoms with Gasteiger partial charge in [0.2, 0.25) is 0 Å². The predicted octanol–water partition coefficient (Wildman–Crippen LogP) is 0.987. The molecule has 1 atom stereocenters. The summed E-state index contributed by atoms with van der Waals surface area (Å²) in [7, 11) is 0. The lowest BCUT2D eigenvalue weighted by molar-refractivity contribution is -0.140. The van der Waals surface area contributed by atoms with E-state index in [1.165, 1.54) is 11.3 Å². The van der Waals surface area contributed by atoms with Crippen LogP contribution >= 0.6 is 11.3 Å². The molecule has 1 fully saturated rings. The molecule has 0 radical (unpaired) electrons. The largest absolute Gasteiger partial charge is 0.382 e. The van der Waals surface area contributed by atoms with E-state index in [4.69, 9.17) is 0 Å². The molecule has 0 spiro atoms. The molecule has 1 heterocycles. The van der Waals surface area contributed by atoms with Gasteiger partial charge in [0.05, 0.1) is 6.54 Å². The Hall–Kier alpha value is -1.40. The van der Waals surface area contributed by atoms with Crippen molar-refractivity contribution >= 4 is 23.2 Å². The van der Waals surface area contributed by atoms with Gasteiger partial charge in [-0.25, -0.2) is 0 Å². The Morgan fingerprint density at radius 1 is 1.45 bits per heavy atom. The second kappa shape index (κ2) is 5.93. The van der Waals surface area contributed by atoms with Gasteiger partial charge in [0.25, 0.3) is 0 Å². The molecule has 6 heteroatoms. The second-order valence-electron chi connectivity index (χ2n) is 5.49. The highest BCUT2D eigenvalue weighted by Crippen LogP contribution is 2.46. The highest BCUT2D eigenvalue weighted by atomic mass is 32.1. The monoisotopic (exact) mass is 296 g/mol. The Balaban J connectivity index is 1.97. The summed E-state index contributed by atoms with van der Waals surface area (Å²) in [5, 5.41) is 17.8. The molecule has 0 bridgehead atoms. The van der Waals surface area contributed by atoms with Gasteiger partial charge in [-0.05, 0) is 44.1 Å². The van der Waals surface area contributed by atoms with Gasteiger partial charge in [-0.2, -0.15) is 0 Å². The minimum atomic E-state index is -1.05. The molecule has 0 aromatic carbocycles. The molecule has 5 nitrogen and oxygen atoms in total. The zero-order valence-electron chi connectivity index (χ0n) is 11.7. The summed E-state index contributed by atoms with van der Waals surface area (Å²) in [4.78, 5) is 24.1. The summed E-state index contributed by atoms with van der Waals surface area (Å²) in [6, 6.07) is 3.65. The van der Waals surface area contributed by atoms with Crippen molar-refractivity contribution in [3.8, 4) is 0 Å². The molecule has 1 saturated carbocycles. The van der Waals surface area contributed by atoms with Gasteiger partial charge in [-0.1, -0.05) is 6.07 Å². The van der Waals surface area contributed by atoms with Crippen LogP contribution in [0.3, 0.4) is 0 Å². The maximum atomic E-state index is 11.7. The van der Waals surface area contributed by atoms with E-state index in [0.29, 0.717) is 0 Å². The number of hydrogen-bond acceptors (Lipinski definition) is 4. The number of carbonyl (C=O) groups is 2. The minimum absolute atomic E-state index is 0.0720. The van der Waals surface area contributed by atoms with Crippen molar-refractivity contribution in [1.82, 2.24) is 10.6 Å². The maximum Gasteiger partial charge on any atom is 0.309 e. The molecule has 1 unspecified atom stereocenters. The van der Waals surface area contributed by atoms with Crippen molar-refractivity contribution in [3.63, 3.8) is 0 Å². The van der Waals surface area contributed by atoms with E-state index in [9.17, 15) is 14.7 Å². The van der Waals surface area contributed by atoms with Gasteiger partial charge < -0.3 is 15.7 Å². The SMILES string of the molecule is CC(C)NC(=O)C(=O)NCC(O)(c1cccs1)C1CC1. The third-order valence-corrected chi connectivity index (χ3v) is 4.38. The first-order valence-corrected chi connectivity index (χ1v) is 7.66. The summed E-state index contributed by atoms with van der Waals surface area (Å²) >= 11 is 1.47. The van der Waals surface area contributed by atoms with E-state index < -0.39 is 17.4 Å². The van der Waals surface area contributed by atoms with E-state index >= 15 is 0 Å². The van der Waals surface area contributed by atoms with Crippen molar-refractivity contribution in [2.24, 2.45) is 5.92 Å². The van der Waals surface area contributed by atoms with E-state index in [-0.39, 0.29) is 18.5 Å². The normalized spacial score (nSPS) is 17.6. The zero-order chi connectivity index (χ0) is 14.8. The van der Waals surface area contributed by atoms with E-state index in [2.05, 4.69) is 10.6 Å². The van der Waals surface area contributed by atoms with Crippen LogP contribution in [0.1, 0.15) is 31.6 Å². The van der Waals surface area contributed by atoms with Crippen molar-refractivity contribution in [2.45, 2.75) is 38.3 Å². The molecule has 3 N–H and O–H groups in total. The molecule has 20 heavy (non-hydrogen) atoms. The Morgan fingerprint density at radius 2 is 2.15 bits per heavy atom. The fourth-order valence-corrected chi connectivity index (χ4v) is 3.05. The lowest BCUT2D eigenvalue weighted by atomic mass is 9.95. The van der Waals surface area contributed by atoms with Gasteiger partial charge in [0.1, 0.15) is 5.60 Å². The van der Waals surface area contributed by atoms with Crippen LogP contribution in [-0.2, 0) is 15.2 Å². The summed E-state index contributed by atoms with van der Waals surface area (Å²) in [5.74, 6) is -1.20. The first kappa shape index (κ1) is 15.0. The highest BCUT2D eigenvalue weighted by Gasteiger charge is 2.46. The zero-order valence-corrected chi connectivity index (χ0v) is 12.5. The molecular formula is C14H20N2O3S. The minimum Gasteiger partial charge on any atom is -0.382 e. The smallest absolute Gasteiger partial charge is 0.309 e. The van der Waals surface area contributed by atoms with Gasteiger partial charge in [0.15, 0.2) is 0 Å². The molecule has 2 rings (SSSR count). The number of nitrogens with one attached hydrogen (secondary N) is 2. The fourth-order valence-electron chi connectivity index (χ4n) is 2.14. The number of carbonyl (C=O) groups excluding carboxylic acids is 2. The lowest BCUT2D eigenvalue weighted by Gasteiger charge is -2.27. The Kier molecular flexibility index (Phi) is 4.45. The van der Waals surface area contributed by atoms with E-state index in [1.54, 1.807) is 13.8 Å². The third-order valence-electron chi connectivity index (χ3n) is 3.35. The van der Waals surface area contributed by atoms with Gasteiger partial charge in [0, 0.05) is 10.9 Å². The summed E-state index contributed by atoms with van der Waals surface area (Å²) < 4.78 is 0. The van der Waals surface area contributed by atoms with Crippen molar-refractivity contribution in [2.75, 3.05) is 6.54 Å². The van der Waals surface area contributed by atoms with Gasteiger partial charge in [-0.3, -0.25) is 9.59 Å². The Morgan fingerprint density at radius 3 is 2.65 bits per heavy atom. The summed E-state index contributed by atoms with van der Waals surface area (Å²) in [5.41, 5.74) is -1.05. The first-order chi connectivity index (χ1) is 9.43. The van der Waals surface area contributed by atoms with E-state index in [1.807, 2.05) is 17.5 Å². The number of hydrogen-bond donors (Lipinski definition) is 3. The molecule has 1 aromatic heterocycles. The quantitative estimate of drug-likeness (QED) is 0.709. The fraction of sp³-hybridized carbons (Fsp3) is 0.571.